The monoisotopic (exact) mass is 566 g/mol. The molecule has 0 radical (unpaired) electrons. The van der Waals surface area contributed by atoms with Crippen LogP contribution in [0, 0.1) is 10.1 Å². The lowest BCUT2D eigenvalue weighted by Crippen LogP contribution is -2.29. The Morgan fingerprint density at radius 1 is 0.833 bits per heavy atom. The lowest BCUT2D eigenvalue weighted by molar-refractivity contribution is -0.384. The zero-order chi connectivity index (χ0) is 26.3. The largest absolute Gasteiger partial charge is 0.454 e. The van der Waals surface area contributed by atoms with E-state index in [1.807, 2.05) is 0 Å². The van der Waals surface area contributed by atoms with Gasteiger partial charge in [0.1, 0.15) is 0 Å². The second-order valence-corrected chi connectivity index (χ2v) is 8.82. The lowest BCUT2D eigenvalue weighted by atomic mass is 10.1. The molecule has 0 atom stereocenters. The molecule has 0 bridgehead atoms. The van der Waals surface area contributed by atoms with Gasteiger partial charge in [-0.25, -0.2) is 9.69 Å². The molecule has 3 aromatic rings. The fraction of sp³-hybridized carbons (Fsp3) is 0.0435. The van der Waals surface area contributed by atoms with Crippen LogP contribution < -0.4 is 4.90 Å². The van der Waals surface area contributed by atoms with Crippen LogP contribution in [0.15, 0.2) is 48.5 Å². The molecule has 3 aromatic carbocycles. The molecular weight excluding hydrogens is 558 g/mol. The summed E-state index contributed by atoms with van der Waals surface area (Å²) in [6.07, 6.45) is 0. The number of esters is 1. The Morgan fingerprint density at radius 2 is 1.39 bits per heavy atom. The first kappa shape index (κ1) is 25.6. The zero-order valence-corrected chi connectivity index (χ0v) is 20.6. The minimum atomic E-state index is -0.868. The van der Waals surface area contributed by atoms with Crippen LogP contribution in [-0.2, 0) is 4.74 Å². The van der Waals surface area contributed by atoms with E-state index >= 15 is 0 Å². The summed E-state index contributed by atoms with van der Waals surface area (Å²) in [5.74, 6) is -3.06. The summed E-state index contributed by atoms with van der Waals surface area (Å²) in [4.78, 5) is 61.5. The van der Waals surface area contributed by atoms with Gasteiger partial charge in [0.25, 0.3) is 17.5 Å². The highest BCUT2D eigenvalue weighted by molar-refractivity contribution is 6.56. The van der Waals surface area contributed by atoms with E-state index in [4.69, 9.17) is 51.1 Å². The van der Waals surface area contributed by atoms with Gasteiger partial charge in [-0.2, -0.15) is 0 Å². The van der Waals surface area contributed by atoms with Gasteiger partial charge in [0, 0.05) is 17.7 Å². The number of carbonyl (C=O) groups is 4. The van der Waals surface area contributed by atoms with Crippen molar-refractivity contribution < 1.29 is 28.8 Å². The second-order valence-electron chi connectivity index (χ2n) is 7.31. The maximum atomic E-state index is 12.9. The normalized spacial score (nSPS) is 12.5. The molecule has 0 saturated carbocycles. The van der Waals surface area contributed by atoms with Crippen LogP contribution in [0.1, 0.15) is 41.4 Å². The number of nitro groups is 1. The van der Waals surface area contributed by atoms with E-state index < -0.39 is 35.1 Å². The molecule has 0 unspecified atom stereocenters. The number of amides is 2. The molecule has 182 valence electrons. The smallest absolute Gasteiger partial charge is 0.338 e. The summed E-state index contributed by atoms with van der Waals surface area (Å²) >= 11 is 24.3. The molecule has 0 saturated heterocycles. The minimum Gasteiger partial charge on any atom is -0.454 e. The highest BCUT2D eigenvalue weighted by Crippen LogP contribution is 2.45. The molecule has 0 N–H and O–H groups in total. The number of non-ortho nitro benzene ring substituents is 1. The van der Waals surface area contributed by atoms with Crippen molar-refractivity contribution in [2.24, 2.45) is 0 Å². The van der Waals surface area contributed by atoms with Crippen LogP contribution in [0.4, 0.5) is 11.4 Å². The van der Waals surface area contributed by atoms with Crippen molar-refractivity contribution in [3.63, 3.8) is 0 Å². The number of rotatable bonds is 6. The number of imide groups is 1. The Kier molecular flexibility index (Phi) is 7.01. The molecule has 13 heteroatoms. The summed E-state index contributed by atoms with van der Waals surface area (Å²) in [5.41, 5.74) is -0.527. The molecular formula is C23H10Cl4N2O7. The van der Waals surface area contributed by atoms with Crippen molar-refractivity contribution in [3.05, 3.63) is 101 Å². The Labute approximate surface area is 222 Å². The number of nitrogens with zero attached hydrogens (tertiary/aromatic N) is 2. The number of anilines is 1. The van der Waals surface area contributed by atoms with Gasteiger partial charge in [-0.1, -0.05) is 58.5 Å². The van der Waals surface area contributed by atoms with Crippen molar-refractivity contribution >= 4 is 81.3 Å². The second kappa shape index (κ2) is 9.87. The topological polar surface area (TPSA) is 124 Å². The van der Waals surface area contributed by atoms with Crippen molar-refractivity contribution in [1.29, 1.82) is 0 Å². The van der Waals surface area contributed by atoms with Gasteiger partial charge < -0.3 is 4.74 Å². The third-order valence-corrected chi connectivity index (χ3v) is 6.98. The molecule has 1 heterocycles. The molecule has 0 aliphatic carbocycles. The van der Waals surface area contributed by atoms with Crippen molar-refractivity contribution in [2.75, 3.05) is 11.5 Å². The molecule has 0 spiro atoms. The fourth-order valence-corrected chi connectivity index (χ4v) is 4.44. The predicted molar refractivity (Wildman–Crippen MR) is 132 cm³/mol. The highest BCUT2D eigenvalue weighted by Gasteiger charge is 2.42. The quantitative estimate of drug-likeness (QED) is 0.0675. The maximum Gasteiger partial charge on any atom is 0.338 e. The number of benzene rings is 3. The minimum absolute atomic E-state index is 0.00972. The van der Waals surface area contributed by atoms with E-state index in [1.54, 1.807) is 0 Å². The number of ether oxygens (including phenoxy) is 1. The molecule has 0 fully saturated rings. The summed E-state index contributed by atoms with van der Waals surface area (Å²) in [6, 6.07) is 10.2. The van der Waals surface area contributed by atoms with Gasteiger partial charge in [0.05, 0.1) is 47.4 Å². The SMILES string of the molecule is O=C(COC(=O)c1ccc(N2C(=O)c3c(Cl)c(Cl)c(Cl)c(Cl)c3C2=O)cc1)c1cccc([N+](=O)[O-])c1. The Hall–Kier alpha value is -3.50. The maximum absolute atomic E-state index is 12.9. The lowest BCUT2D eigenvalue weighted by Gasteiger charge is -2.14. The van der Waals surface area contributed by atoms with Gasteiger partial charge in [0.2, 0.25) is 5.78 Å². The summed E-state index contributed by atoms with van der Waals surface area (Å²) in [6.45, 7) is -0.654. The van der Waals surface area contributed by atoms with E-state index in [0.717, 1.165) is 11.0 Å². The summed E-state index contributed by atoms with van der Waals surface area (Å²) in [5, 5.41) is 10.1. The van der Waals surface area contributed by atoms with Crippen LogP contribution in [0.25, 0.3) is 0 Å². The molecule has 4 rings (SSSR count). The Morgan fingerprint density at radius 3 is 1.92 bits per heavy atom. The number of halogens is 4. The number of ketones is 1. The van der Waals surface area contributed by atoms with E-state index in [1.165, 1.54) is 42.5 Å². The summed E-state index contributed by atoms with van der Waals surface area (Å²) < 4.78 is 4.99. The molecule has 0 aromatic heterocycles. The molecule has 36 heavy (non-hydrogen) atoms. The van der Waals surface area contributed by atoms with Gasteiger partial charge in [-0.05, 0) is 24.3 Å². The summed E-state index contributed by atoms with van der Waals surface area (Å²) in [7, 11) is 0. The number of hydrogen-bond donors (Lipinski definition) is 0. The van der Waals surface area contributed by atoms with Gasteiger partial charge >= 0.3 is 5.97 Å². The number of nitro benzene ring substituents is 1. The van der Waals surface area contributed by atoms with Crippen molar-refractivity contribution in [1.82, 2.24) is 0 Å². The molecule has 2 amide bonds. The average Bonchev–Trinajstić information content (AvgIpc) is 3.14. The first-order chi connectivity index (χ1) is 17.0. The van der Waals surface area contributed by atoms with Crippen LogP contribution in [0.2, 0.25) is 20.1 Å². The van der Waals surface area contributed by atoms with Crippen molar-refractivity contribution in [2.45, 2.75) is 0 Å². The molecule has 1 aliphatic rings. The van der Waals surface area contributed by atoms with Gasteiger partial charge in [0.15, 0.2) is 6.61 Å². The fourth-order valence-electron chi connectivity index (χ4n) is 3.42. The Bertz CT molecular complexity index is 1440. The average molecular weight is 568 g/mol. The predicted octanol–water partition coefficient (Wildman–Crippen LogP) is 6.05. The number of fused-ring (bicyclic) bond motifs is 1. The number of Topliss-reactive ketones (excluding diaryl/α,β-unsaturated/α-hetero) is 1. The first-order valence-corrected chi connectivity index (χ1v) is 11.3. The van der Waals surface area contributed by atoms with E-state index in [9.17, 15) is 29.3 Å². The van der Waals surface area contributed by atoms with E-state index in [0.29, 0.717) is 0 Å². The van der Waals surface area contributed by atoms with Gasteiger partial charge in [-0.15, -0.1) is 0 Å². The van der Waals surface area contributed by atoms with E-state index in [-0.39, 0.29) is 53.7 Å². The number of hydrogen-bond acceptors (Lipinski definition) is 7. The van der Waals surface area contributed by atoms with Crippen molar-refractivity contribution in [3.8, 4) is 0 Å². The van der Waals surface area contributed by atoms with Crippen LogP contribution in [0.3, 0.4) is 0 Å². The Balaban J connectivity index is 1.49. The van der Waals surface area contributed by atoms with Crippen LogP contribution in [0.5, 0.6) is 0 Å². The number of carbonyl (C=O) groups excluding carboxylic acids is 4. The molecule has 1 aliphatic heterocycles. The zero-order valence-electron chi connectivity index (χ0n) is 17.6. The molecule has 9 nitrogen and oxygen atoms in total. The van der Waals surface area contributed by atoms with Gasteiger partial charge in [-0.3, -0.25) is 24.5 Å². The third kappa shape index (κ3) is 4.42. The van der Waals surface area contributed by atoms with Crippen LogP contribution in [-0.4, -0.2) is 35.1 Å². The standard InChI is InChI=1S/C23H10Cl4N2O7/c24-17-15-16(18(25)20(27)19(17)26)22(32)28(21(15)31)12-6-4-10(5-7-12)23(33)36-9-14(30)11-2-1-3-13(8-11)29(34)35/h1-8H,9H2. The van der Waals surface area contributed by atoms with E-state index in [2.05, 4.69) is 0 Å². The highest BCUT2D eigenvalue weighted by atomic mass is 35.5. The first-order valence-electron chi connectivity index (χ1n) is 9.82. The third-order valence-electron chi connectivity index (χ3n) is 5.18. The van der Waals surface area contributed by atoms with Crippen LogP contribution >= 0.6 is 46.4 Å².